The Morgan fingerprint density at radius 3 is 1.25 bits per heavy atom. The Morgan fingerprint density at radius 1 is 0.538 bits per heavy atom. The van der Waals surface area contributed by atoms with Gasteiger partial charge >= 0.3 is 30.1 Å². The van der Waals surface area contributed by atoms with E-state index in [1.54, 1.807) is 50.2 Å². The number of rotatable bonds is 21. The van der Waals surface area contributed by atoms with Crippen LogP contribution in [-0.2, 0) is 42.7 Å². The molecule has 0 atom stereocenters. The molecule has 0 bridgehead atoms. The van der Waals surface area contributed by atoms with Crippen LogP contribution in [-0.4, -0.2) is 299 Å². The monoisotopic (exact) mass is 1680 g/mol. The number of aliphatic carboxylic acids is 1. The first-order valence-corrected chi connectivity index (χ1v) is 37.9. The first-order valence-electron chi connectivity index (χ1n) is 37.2. The fraction of sp³-hybridized carbons (Fsp3) is 0.468. The molecule has 0 saturated carbocycles. The van der Waals surface area contributed by atoms with Crippen LogP contribution in [0.2, 0.25) is 10.0 Å². The number of benzene rings is 4. The number of quaternary nitrogens is 2. The molecule has 0 unspecified atom stereocenters. The summed E-state index contributed by atoms with van der Waals surface area (Å²) < 4.78 is 82.2. The van der Waals surface area contributed by atoms with Crippen molar-refractivity contribution in [2.75, 3.05) is 169 Å². The van der Waals surface area contributed by atoms with Crippen molar-refractivity contribution < 1.29 is 114 Å². The molecule has 40 heteroatoms. The van der Waals surface area contributed by atoms with Gasteiger partial charge in [-0.15, -0.1) is 0 Å². The standard InChI is InChI=1S/C42H55ClF2N8O8.C33H39ClF2N8O6.2CH2O2/c1-41(2,3)60-33(54)26-53(21-9-14-46-39(57)61-42(4,5)6)22-19-52(20-23-53)40(58)51-17-15-50(16-18-51)38(56)28-11-10-27(24-30(28)43)48-37(55)36-47-25-31(49(36)7)29-12-13-32(59-8)35(45)34(29)44;1-40-25(23-6-7-26(50-2)29(36)28(23)35)19-38-30(40)31(47)39-21-4-5-22(24(34)18-21)32(48)41-9-11-42(12-10-41)33(49)43-13-16-44(17-14-43,15-3-8-37)20-27(45)46;2*2-1-3/h10-13,24-25H,9,14-23,26H2,1-8H3,(H-,46,48,55,56,57);4-7,18-19H,3,8-17,20,37H2,1-2H3,(H-,39,45,46,47,48);2*1H,(H,2,3). The van der Waals surface area contributed by atoms with Crippen LogP contribution in [0, 0.1) is 23.3 Å². The number of nitrogens with zero attached hydrogens (tertiary/aromatic N) is 12. The number of halogens is 6. The molecule has 0 spiro atoms. The molecule has 4 aliphatic heterocycles. The van der Waals surface area contributed by atoms with Crippen LogP contribution in [0.4, 0.5) is 43.3 Å². The molecule has 6 heterocycles. The number of carbonyl (C=O) groups excluding carboxylic acids is 10. The molecule has 6 N–H and O–H groups in total. The minimum absolute atomic E-state index is 0.000614. The van der Waals surface area contributed by atoms with Gasteiger partial charge in [-0.1, -0.05) is 23.2 Å². The molecule has 2 aromatic heterocycles. The third-order valence-corrected chi connectivity index (χ3v) is 20.3. The topological polar surface area (TPSA) is 408 Å². The number of hydrogen-bond donors (Lipinski definition) is 5. The van der Waals surface area contributed by atoms with Gasteiger partial charge in [0.25, 0.3) is 23.6 Å². The maximum atomic E-state index is 14.8. The normalized spacial score (nSPS) is 15.1. The highest BCUT2D eigenvalue weighted by atomic mass is 35.5. The molecule has 4 aromatic carbocycles. The van der Waals surface area contributed by atoms with E-state index in [1.807, 2.05) is 20.8 Å². The zero-order valence-corrected chi connectivity index (χ0v) is 68.2. The summed E-state index contributed by atoms with van der Waals surface area (Å²) >= 11 is 13.0. The van der Waals surface area contributed by atoms with Gasteiger partial charge in [0, 0.05) is 121 Å². The Bertz CT molecular complexity index is 4560. The number of esters is 1. The lowest BCUT2D eigenvalue weighted by molar-refractivity contribution is -0.925. The van der Waals surface area contributed by atoms with Crippen molar-refractivity contribution in [2.45, 2.75) is 65.6 Å². The second-order valence-corrected chi connectivity index (χ2v) is 30.6. The quantitative estimate of drug-likeness (QED) is 0.0208. The molecule has 6 aromatic rings. The summed E-state index contributed by atoms with van der Waals surface area (Å²) in [5.74, 6) is -8.40. The van der Waals surface area contributed by atoms with Gasteiger partial charge in [-0.3, -0.25) is 19.2 Å². The summed E-state index contributed by atoms with van der Waals surface area (Å²) in [7, 11) is 5.43. The summed E-state index contributed by atoms with van der Waals surface area (Å²) in [6.07, 6.45) is 3.31. The third-order valence-electron chi connectivity index (χ3n) is 19.6. The lowest BCUT2D eigenvalue weighted by atomic mass is 10.1. The predicted octanol–water partition coefficient (Wildman–Crippen LogP) is 5.00. The number of carbonyl (C=O) groups is 11. The first kappa shape index (κ1) is 92.8. The molecule has 0 radical (unpaired) electrons. The number of alkyl carbamates (subject to hydrolysis) is 1. The largest absolute Gasteiger partial charge is 0.554 e. The number of amides is 9. The average molecular weight is 1680 g/mol. The Morgan fingerprint density at radius 2 is 0.897 bits per heavy atom. The number of ether oxygens (including phenoxy) is 4. The summed E-state index contributed by atoms with van der Waals surface area (Å²) in [6, 6.07) is 13.8. The minimum Gasteiger partial charge on any atom is -0.554 e. The fourth-order valence-corrected chi connectivity index (χ4v) is 14.3. The SMILES string of the molecule is COc1ccc(-c2cnc(C(=O)Nc3ccc(C(=O)N4CCN(C(=O)N5CC[N+](CCCN)(CC(=O)O)CC5)CC4)c(Cl)c3)n2C)c(F)c1F.COc1ccc(-c2cnc(C(=O)Nc3ccc(C(=O)N4CCN(C(=O)N5CC[N+](CCCNC(=O)OC(C)(C)C)(CC(=O)OC(C)(C)C)CC5)CC4)c(Cl)c3)n2C)c(F)c1F.O=C[O-].O=C[O-]. The fourth-order valence-electron chi connectivity index (χ4n) is 13.7. The molecule has 4 fully saturated rings. The van der Waals surface area contributed by atoms with E-state index in [4.69, 9.17) is 67.7 Å². The highest BCUT2D eigenvalue weighted by Gasteiger charge is 2.42. The third kappa shape index (κ3) is 24.6. The number of anilines is 2. The van der Waals surface area contributed by atoms with Crippen molar-refractivity contribution in [2.24, 2.45) is 19.8 Å². The molecule has 117 heavy (non-hydrogen) atoms. The van der Waals surface area contributed by atoms with Gasteiger partial charge in [0.15, 0.2) is 47.9 Å². The second kappa shape index (κ2) is 41.5. The van der Waals surface area contributed by atoms with Crippen LogP contribution in [0.1, 0.15) is 96.3 Å². The van der Waals surface area contributed by atoms with E-state index < -0.39 is 71.3 Å². The molecule has 9 amide bonds. The smallest absolute Gasteiger partial charge is 0.407 e. The number of carboxylic acid groups (broad SMARTS) is 3. The number of methoxy groups -OCH3 is 2. The Labute approximate surface area is 683 Å². The maximum absolute atomic E-state index is 14.8. The Balaban J connectivity index is 0.000000308. The summed E-state index contributed by atoms with van der Waals surface area (Å²) in [4.78, 5) is 152. The molecular formula is C77H98Cl2F4N16O18. The second-order valence-electron chi connectivity index (χ2n) is 29.8. The van der Waals surface area contributed by atoms with E-state index in [9.17, 15) is 65.8 Å². The number of nitrogens with one attached hydrogen (secondary N) is 3. The first-order chi connectivity index (χ1) is 55.3. The summed E-state index contributed by atoms with van der Waals surface area (Å²) in [6.45, 7) is 18.3. The van der Waals surface area contributed by atoms with Crippen LogP contribution >= 0.6 is 23.2 Å². The molecule has 10 rings (SSSR count). The van der Waals surface area contributed by atoms with Crippen molar-refractivity contribution in [3.63, 3.8) is 0 Å². The van der Waals surface area contributed by atoms with Gasteiger partial charge in [0.1, 0.15) is 11.2 Å². The minimum atomic E-state index is -1.16. The number of hydrogen-bond acceptors (Lipinski definition) is 20. The predicted molar refractivity (Wildman–Crippen MR) is 416 cm³/mol. The number of piperazine rings is 4. The van der Waals surface area contributed by atoms with Gasteiger partial charge < -0.3 is 113 Å². The average Bonchev–Trinajstić information content (AvgIpc) is 1.63. The number of imidazole rings is 2. The van der Waals surface area contributed by atoms with Crippen LogP contribution in [0.3, 0.4) is 0 Å². The molecule has 636 valence electrons. The Hall–Kier alpha value is -11.3. The van der Waals surface area contributed by atoms with Crippen molar-refractivity contribution in [1.29, 1.82) is 0 Å². The van der Waals surface area contributed by atoms with E-state index in [-0.39, 0.29) is 134 Å². The molecule has 0 aliphatic carbocycles. The van der Waals surface area contributed by atoms with Crippen molar-refractivity contribution in [3.8, 4) is 34.0 Å². The highest BCUT2D eigenvalue weighted by molar-refractivity contribution is 6.34. The van der Waals surface area contributed by atoms with Gasteiger partial charge in [-0.05, 0) is 109 Å². The Kier molecular flexibility index (Phi) is 32.9. The summed E-state index contributed by atoms with van der Waals surface area (Å²) in [5, 5.41) is 34.2. The van der Waals surface area contributed by atoms with Crippen LogP contribution in [0.15, 0.2) is 73.1 Å². The van der Waals surface area contributed by atoms with Gasteiger partial charge in [-0.2, -0.15) is 8.78 Å². The van der Waals surface area contributed by atoms with E-state index in [0.29, 0.717) is 140 Å². The molecular weight excluding hydrogens is 1580 g/mol. The molecule has 4 aliphatic rings. The van der Waals surface area contributed by atoms with Crippen LogP contribution in [0.25, 0.3) is 22.5 Å². The van der Waals surface area contributed by atoms with Crippen molar-refractivity contribution >= 4 is 101 Å². The van der Waals surface area contributed by atoms with Gasteiger partial charge in [-0.25, -0.2) is 42.7 Å². The van der Waals surface area contributed by atoms with E-state index >= 15 is 0 Å². The number of nitrogens with two attached hydrogens (primary N) is 1. The van der Waals surface area contributed by atoms with E-state index in [2.05, 4.69) is 25.9 Å². The maximum Gasteiger partial charge on any atom is 0.407 e. The van der Waals surface area contributed by atoms with Gasteiger partial charge in [0.05, 0.1) is 125 Å². The van der Waals surface area contributed by atoms with E-state index in [0.717, 1.165) is 0 Å². The summed E-state index contributed by atoms with van der Waals surface area (Å²) in [5.41, 5.74) is 5.53. The zero-order chi connectivity index (χ0) is 86.4. The van der Waals surface area contributed by atoms with Crippen LogP contribution in [0.5, 0.6) is 11.5 Å². The molecule has 4 saturated heterocycles. The zero-order valence-electron chi connectivity index (χ0n) is 66.7. The molecule has 34 nitrogen and oxygen atoms in total. The lowest BCUT2D eigenvalue weighted by Crippen LogP contribution is -2.65. The van der Waals surface area contributed by atoms with E-state index in [1.165, 1.54) is 111 Å². The van der Waals surface area contributed by atoms with Crippen LogP contribution < -0.4 is 41.4 Å². The number of carboxylic acids is 1. The lowest BCUT2D eigenvalue weighted by Gasteiger charge is -2.46. The van der Waals surface area contributed by atoms with Crippen molar-refractivity contribution in [3.05, 3.63) is 129 Å². The van der Waals surface area contributed by atoms with Crippen molar-refractivity contribution in [1.82, 2.24) is 53.8 Å². The number of urea groups is 2. The van der Waals surface area contributed by atoms with Gasteiger partial charge in [0.2, 0.25) is 11.6 Å². The highest BCUT2D eigenvalue weighted by Crippen LogP contribution is 2.34. The number of aromatic nitrogens is 4.